The minimum Gasteiger partial charge on any atom is -0.447 e. The van der Waals surface area contributed by atoms with Crippen molar-refractivity contribution < 1.29 is 24.2 Å². The summed E-state index contributed by atoms with van der Waals surface area (Å²) in [5.41, 5.74) is 2.08. The molecule has 30 heavy (non-hydrogen) atoms. The third kappa shape index (κ3) is 5.68. The Morgan fingerprint density at radius 2 is 1.77 bits per heavy atom. The molecule has 2 aromatic carbocycles. The van der Waals surface area contributed by atoms with Gasteiger partial charge >= 0.3 is 6.09 Å². The van der Waals surface area contributed by atoms with Crippen molar-refractivity contribution in [2.45, 2.75) is 44.9 Å². The topological polar surface area (TPSA) is 76.1 Å². The number of aliphatic hydroxyl groups is 1. The van der Waals surface area contributed by atoms with Crippen molar-refractivity contribution in [3.05, 3.63) is 71.8 Å². The molecule has 1 heterocycles. The molecule has 1 fully saturated rings. The second-order valence-electron chi connectivity index (χ2n) is 7.54. The van der Waals surface area contributed by atoms with E-state index in [0.29, 0.717) is 32.5 Å². The number of carbonyl (C=O) groups is 2. The standard InChI is InChI=1S/C24H29NO5/c1-2-21(22(26)13-14-29-16-19-11-7-4-8-12-19)23(27)25-20(17-30-24(25)28)15-18-9-5-3-6-10-18/h3-12,20-22,26H,2,13-17H2,1H3/t20-,21-,22+/m0/s1. The van der Waals surface area contributed by atoms with Gasteiger partial charge in [0.05, 0.1) is 24.7 Å². The average Bonchev–Trinajstić information content (AvgIpc) is 3.13. The van der Waals surface area contributed by atoms with E-state index in [1.807, 2.05) is 67.6 Å². The lowest BCUT2D eigenvalue weighted by Gasteiger charge is -2.27. The monoisotopic (exact) mass is 411 g/mol. The first-order valence-corrected chi connectivity index (χ1v) is 10.4. The molecule has 0 saturated carbocycles. The normalized spacial score (nSPS) is 18.1. The zero-order chi connectivity index (χ0) is 21.3. The number of cyclic esters (lactones) is 1. The summed E-state index contributed by atoms with van der Waals surface area (Å²) >= 11 is 0. The smallest absolute Gasteiger partial charge is 0.416 e. The number of amides is 2. The Labute approximate surface area is 177 Å². The summed E-state index contributed by atoms with van der Waals surface area (Å²) in [4.78, 5) is 26.6. The van der Waals surface area contributed by atoms with Crippen LogP contribution in [-0.2, 0) is 27.3 Å². The van der Waals surface area contributed by atoms with Crippen LogP contribution in [0.1, 0.15) is 30.9 Å². The number of carbonyl (C=O) groups excluding carboxylic acids is 2. The fourth-order valence-corrected chi connectivity index (χ4v) is 3.73. The van der Waals surface area contributed by atoms with Gasteiger partial charge in [0, 0.05) is 6.61 Å². The number of hydrogen-bond donors (Lipinski definition) is 1. The summed E-state index contributed by atoms with van der Waals surface area (Å²) in [5.74, 6) is -1.05. The van der Waals surface area contributed by atoms with Crippen LogP contribution >= 0.6 is 0 Å². The molecule has 6 nitrogen and oxygen atoms in total. The lowest BCUT2D eigenvalue weighted by molar-refractivity contribution is -0.137. The van der Waals surface area contributed by atoms with Crippen LogP contribution in [0.5, 0.6) is 0 Å². The second kappa shape index (κ2) is 10.9. The lowest BCUT2D eigenvalue weighted by atomic mass is 9.94. The molecule has 0 spiro atoms. The van der Waals surface area contributed by atoms with Crippen LogP contribution in [0.3, 0.4) is 0 Å². The molecule has 6 heteroatoms. The van der Waals surface area contributed by atoms with Gasteiger partial charge in [-0.15, -0.1) is 0 Å². The van der Waals surface area contributed by atoms with E-state index in [9.17, 15) is 14.7 Å². The number of hydrogen-bond acceptors (Lipinski definition) is 5. The molecule has 0 unspecified atom stereocenters. The Kier molecular flexibility index (Phi) is 7.99. The van der Waals surface area contributed by atoms with Gasteiger partial charge in [0.2, 0.25) is 5.91 Å². The molecular formula is C24H29NO5. The van der Waals surface area contributed by atoms with Crippen molar-refractivity contribution in [1.82, 2.24) is 4.90 Å². The van der Waals surface area contributed by atoms with Crippen LogP contribution in [0.15, 0.2) is 60.7 Å². The number of benzene rings is 2. The van der Waals surface area contributed by atoms with Crippen LogP contribution in [0, 0.1) is 5.92 Å². The maximum absolute atomic E-state index is 13.1. The van der Waals surface area contributed by atoms with Crippen LogP contribution in [0.25, 0.3) is 0 Å². The second-order valence-corrected chi connectivity index (χ2v) is 7.54. The van der Waals surface area contributed by atoms with Gasteiger partial charge in [-0.05, 0) is 30.4 Å². The number of aliphatic hydroxyl groups excluding tert-OH is 1. The highest BCUT2D eigenvalue weighted by atomic mass is 16.6. The molecule has 1 N–H and O–H groups in total. The number of nitrogens with zero attached hydrogens (tertiary/aromatic N) is 1. The van der Waals surface area contributed by atoms with Crippen molar-refractivity contribution in [3.63, 3.8) is 0 Å². The minimum absolute atomic E-state index is 0.173. The fraction of sp³-hybridized carbons (Fsp3) is 0.417. The highest BCUT2D eigenvalue weighted by Crippen LogP contribution is 2.24. The first-order chi connectivity index (χ1) is 14.6. The summed E-state index contributed by atoms with van der Waals surface area (Å²) in [5, 5.41) is 10.6. The van der Waals surface area contributed by atoms with Crippen LogP contribution in [0.2, 0.25) is 0 Å². The Morgan fingerprint density at radius 1 is 1.13 bits per heavy atom. The lowest BCUT2D eigenvalue weighted by Crippen LogP contribution is -2.46. The van der Waals surface area contributed by atoms with Gasteiger partial charge in [0.25, 0.3) is 0 Å². The molecule has 0 aromatic heterocycles. The van der Waals surface area contributed by atoms with Gasteiger partial charge in [0.1, 0.15) is 6.61 Å². The molecule has 3 rings (SSSR count). The molecule has 0 radical (unpaired) electrons. The van der Waals surface area contributed by atoms with E-state index in [1.54, 1.807) is 0 Å². The van der Waals surface area contributed by atoms with Crippen molar-refractivity contribution in [1.29, 1.82) is 0 Å². The summed E-state index contributed by atoms with van der Waals surface area (Å²) in [6.07, 6.45) is -0.231. The van der Waals surface area contributed by atoms with Gasteiger partial charge in [-0.2, -0.15) is 0 Å². The predicted octanol–water partition coefficient (Wildman–Crippen LogP) is 3.57. The van der Waals surface area contributed by atoms with Crippen molar-refractivity contribution >= 4 is 12.0 Å². The molecule has 2 aromatic rings. The van der Waals surface area contributed by atoms with E-state index in [2.05, 4.69) is 0 Å². The predicted molar refractivity (Wildman–Crippen MR) is 113 cm³/mol. The van der Waals surface area contributed by atoms with E-state index >= 15 is 0 Å². The summed E-state index contributed by atoms with van der Waals surface area (Å²) in [7, 11) is 0. The maximum atomic E-state index is 13.1. The zero-order valence-corrected chi connectivity index (χ0v) is 17.3. The highest BCUT2D eigenvalue weighted by molar-refractivity contribution is 5.95. The maximum Gasteiger partial charge on any atom is 0.416 e. The van der Waals surface area contributed by atoms with Gasteiger partial charge < -0.3 is 14.6 Å². The fourth-order valence-electron chi connectivity index (χ4n) is 3.73. The molecule has 0 bridgehead atoms. The van der Waals surface area contributed by atoms with E-state index in [0.717, 1.165) is 11.1 Å². The summed E-state index contributed by atoms with van der Waals surface area (Å²) in [6.45, 7) is 2.80. The zero-order valence-electron chi connectivity index (χ0n) is 17.3. The van der Waals surface area contributed by atoms with Gasteiger partial charge in [-0.3, -0.25) is 4.79 Å². The molecular weight excluding hydrogens is 382 g/mol. The molecule has 3 atom stereocenters. The SMILES string of the molecule is CC[C@H](C(=O)N1C(=O)OC[C@@H]1Cc1ccccc1)[C@H](O)CCOCc1ccccc1. The van der Waals surface area contributed by atoms with Crippen LogP contribution < -0.4 is 0 Å². The first kappa shape index (κ1) is 22.0. The molecule has 1 aliphatic rings. The van der Waals surface area contributed by atoms with Crippen molar-refractivity contribution in [3.8, 4) is 0 Å². The molecule has 160 valence electrons. The summed E-state index contributed by atoms with van der Waals surface area (Å²) < 4.78 is 10.8. The molecule has 2 amide bonds. The number of ether oxygens (including phenoxy) is 2. The largest absolute Gasteiger partial charge is 0.447 e. The van der Waals surface area contributed by atoms with E-state index < -0.39 is 18.1 Å². The van der Waals surface area contributed by atoms with Gasteiger partial charge in [0.15, 0.2) is 0 Å². The van der Waals surface area contributed by atoms with Crippen LogP contribution in [0.4, 0.5) is 4.79 Å². The van der Waals surface area contributed by atoms with Gasteiger partial charge in [-0.1, -0.05) is 67.6 Å². The molecule has 0 aliphatic carbocycles. The number of imide groups is 1. The Morgan fingerprint density at radius 3 is 2.40 bits per heavy atom. The summed E-state index contributed by atoms with van der Waals surface area (Å²) in [6, 6.07) is 19.1. The van der Waals surface area contributed by atoms with Gasteiger partial charge in [-0.25, -0.2) is 9.69 Å². The van der Waals surface area contributed by atoms with Crippen molar-refractivity contribution in [2.75, 3.05) is 13.2 Å². The Balaban J connectivity index is 1.55. The average molecular weight is 411 g/mol. The Hall–Kier alpha value is -2.70. The third-order valence-corrected chi connectivity index (χ3v) is 5.40. The Bertz CT molecular complexity index is 811. The quantitative estimate of drug-likeness (QED) is 0.605. The molecule has 1 saturated heterocycles. The van der Waals surface area contributed by atoms with Crippen LogP contribution in [-0.4, -0.2) is 47.4 Å². The van der Waals surface area contributed by atoms with E-state index in [1.165, 1.54) is 4.90 Å². The van der Waals surface area contributed by atoms with Crippen molar-refractivity contribution in [2.24, 2.45) is 5.92 Å². The number of rotatable bonds is 10. The first-order valence-electron chi connectivity index (χ1n) is 10.4. The van der Waals surface area contributed by atoms with E-state index in [-0.39, 0.29) is 18.6 Å². The highest BCUT2D eigenvalue weighted by Gasteiger charge is 2.42. The minimum atomic E-state index is -0.885. The third-order valence-electron chi connectivity index (χ3n) is 5.40. The molecule has 1 aliphatic heterocycles. The van der Waals surface area contributed by atoms with E-state index in [4.69, 9.17) is 9.47 Å².